The van der Waals surface area contributed by atoms with Gasteiger partial charge in [0.2, 0.25) is 10.0 Å². The monoisotopic (exact) mass is 540 g/mol. The summed E-state index contributed by atoms with van der Waals surface area (Å²) < 4.78 is 59.1. The van der Waals surface area contributed by atoms with Crippen molar-refractivity contribution in [3.8, 4) is 0 Å². The average Bonchev–Trinajstić information content (AvgIpc) is 3.31. The number of amidine groups is 1. The predicted molar refractivity (Wildman–Crippen MR) is 147 cm³/mol. The number of hydrogen-bond acceptors (Lipinski definition) is 5. The highest BCUT2D eigenvalue weighted by molar-refractivity contribution is 7.90. The van der Waals surface area contributed by atoms with Gasteiger partial charge in [-0.3, -0.25) is 0 Å². The second-order valence-corrected chi connectivity index (χ2v) is 12.9. The van der Waals surface area contributed by atoms with Gasteiger partial charge in [-0.1, -0.05) is 47.5 Å². The zero-order valence-corrected chi connectivity index (χ0v) is 23.3. The second-order valence-electron chi connectivity index (χ2n) is 9.41. The number of sulfonamides is 2. The first-order chi connectivity index (χ1) is 17.4. The third kappa shape index (κ3) is 5.56. The van der Waals surface area contributed by atoms with E-state index in [4.69, 9.17) is 0 Å². The van der Waals surface area contributed by atoms with Gasteiger partial charge in [0.1, 0.15) is 12.0 Å². The highest BCUT2D eigenvalue weighted by Gasteiger charge is 2.42. The summed E-state index contributed by atoms with van der Waals surface area (Å²) in [5, 5.41) is 0. The molecule has 196 valence electrons. The van der Waals surface area contributed by atoms with Crippen LogP contribution in [0.3, 0.4) is 0 Å². The molecule has 3 aromatic rings. The molecule has 0 aromatic heterocycles. The van der Waals surface area contributed by atoms with Crippen LogP contribution in [0.2, 0.25) is 0 Å². The van der Waals surface area contributed by atoms with E-state index in [-0.39, 0.29) is 22.2 Å². The Labute approximate surface area is 220 Å². The molecule has 0 bridgehead atoms. The summed E-state index contributed by atoms with van der Waals surface area (Å²) in [6.45, 7) is 5.87. The fourth-order valence-electron chi connectivity index (χ4n) is 4.32. The summed E-state index contributed by atoms with van der Waals surface area (Å²) in [5.74, 6) is 0.226. The van der Waals surface area contributed by atoms with Crippen LogP contribution in [0, 0.1) is 13.8 Å². The van der Waals surface area contributed by atoms with Crippen molar-refractivity contribution in [1.29, 1.82) is 0 Å². The van der Waals surface area contributed by atoms with Crippen LogP contribution in [0.15, 0.2) is 87.0 Å². The standard InChI is InChI=1S/C27H32N4O4S2/c1-20-6-14-25(15-7-20)36(32,33)28-22(3)30-18-19-31(37(34,35)26-16-8-21(2)9-17-26)27(30)23-10-12-24(13-11-23)29(4)5/h6-17,27H,18-19H2,1-5H3. The van der Waals surface area contributed by atoms with Crippen molar-refractivity contribution in [2.45, 2.75) is 36.7 Å². The molecular formula is C27H32N4O4S2. The number of rotatable bonds is 6. The maximum Gasteiger partial charge on any atom is 0.283 e. The Morgan fingerprint density at radius 1 is 0.784 bits per heavy atom. The SMILES string of the molecule is CC(=NS(=O)(=O)c1ccc(C)cc1)N1CCN(S(=O)(=O)c2ccc(C)cc2)C1c1ccc(N(C)C)cc1. The Morgan fingerprint density at radius 3 is 1.81 bits per heavy atom. The molecule has 1 unspecified atom stereocenters. The lowest BCUT2D eigenvalue weighted by molar-refractivity contribution is 0.284. The first-order valence-electron chi connectivity index (χ1n) is 11.9. The fourth-order valence-corrected chi connectivity index (χ4v) is 6.93. The number of benzene rings is 3. The van der Waals surface area contributed by atoms with E-state index in [1.807, 2.05) is 57.1 Å². The topological polar surface area (TPSA) is 90.4 Å². The van der Waals surface area contributed by atoms with Gasteiger partial charge < -0.3 is 9.80 Å². The summed E-state index contributed by atoms with van der Waals surface area (Å²) in [6, 6.07) is 20.8. The highest BCUT2D eigenvalue weighted by Crippen LogP contribution is 2.36. The van der Waals surface area contributed by atoms with Crippen LogP contribution < -0.4 is 4.90 Å². The van der Waals surface area contributed by atoms with Crippen molar-refractivity contribution in [2.24, 2.45) is 4.40 Å². The minimum absolute atomic E-state index is 0.0904. The molecule has 10 heteroatoms. The van der Waals surface area contributed by atoms with Gasteiger partial charge in [0, 0.05) is 32.9 Å². The molecule has 0 spiro atoms. The van der Waals surface area contributed by atoms with E-state index < -0.39 is 26.2 Å². The molecule has 0 aliphatic carbocycles. The van der Waals surface area contributed by atoms with Gasteiger partial charge in [0.15, 0.2) is 0 Å². The minimum atomic E-state index is -3.98. The molecule has 1 heterocycles. The molecule has 1 saturated heterocycles. The Morgan fingerprint density at radius 2 is 1.30 bits per heavy atom. The number of nitrogens with zero attached hydrogens (tertiary/aromatic N) is 4. The van der Waals surface area contributed by atoms with Gasteiger partial charge in [-0.25, -0.2) is 8.42 Å². The summed E-state index contributed by atoms with van der Waals surface area (Å²) in [6.07, 6.45) is -0.750. The zero-order chi connectivity index (χ0) is 27.0. The molecule has 37 heavy (non-hydrogen) atoms. The van der Waals surface area contributed by atoms with Crippen LogP contribution in [0.1, 0.15) is 29.8 Å². The van der Waals surface area contributed by atoms with E-state index in [0.717, 1.165) is 22.4 Å². The Bertz CT molecular complexity index is 1500. The lowest BCUT2D eigenvalue weighted by Gasteiger charge is -2.31. The minimum Gasteiger partial charge on any atom is -0.378 e. The molecule has 3 aromatic carbocycles. The van der Waals surface area contributed by atoms with Crippen molar-refractivity contribution in [2.75, 3.05) is 32.1 Å². The van der Waals surface area contributed by atoms with Crippen LogP contribution in [-0.4, -0.2) is 59.1 Å². The van der Waals surface area contributed by atoms with Gasteiger partial charge in [0.25, 0.3) is 10.0 Å². The lowest BCUT2D eigenvalue weighted by atomic mass is 10.1. The molecule has 0 radical (unpaired) electrons. The summed E-state index contributed by atoms with van der Waals surface area (Å²) in [7, 11) is -3.99. The van der Waals surface area contributed by atoms with Gasteiger partial charge >= 0.3 is 0 Å². The second kappa shape index (κ2) is 10.3. The molecule has 0 amide bonds. The third-order valence-corrected chi connectivity index (χ3v) is 9.69. The Kier molecular flexibility index (Phi) is 7.45. The van der Waals surface area contributed by atoms with Crippen LogP contribution in [0.4, 0.5) is 5.69 Å². The van der Waals surface area contributed by atoms with E-state index in [2.05, 4.69) is 4.40 Å². The quantitative estimate of drug-likeness (QED) is 0.344. The average molecular weight is 541 g/mol. The van der Waals surface area contributed by atoms with Gasteiger partial charge in [-0.2, -0.15) is 12.7 Å². The largest absolute Gasteiger partial charge is 0.378 e. The van der Waals surface area contributed by atoms with Crippen LogP contribution in [0.5, 0.6) is 0 Å². The van der Waals surface area contributed by atoms with E-state index in [1.165, 1.54) is 16.4 Å². The van der Waals surface area contributed by atoms with Crippen molar-refractivity contribution >= 4 is 31.6 Å². The molecule has 1 aliphatic rings. The van der Waals surface area contributed by atoms with Crippen molar-refractivity contribution in [3.05, 3.63) is 89.5 Å². The lowest BCUT2D eigenvalue weighted by Crippen LogP contribution is -2.37. The van der Waals surface area contributed by atoms with Crippen molar-refractivity contribution < 1.29 is 16.8 Å². The molecule has 1 aliphatic heterocycles. The molecule has 8 nitrogen and oxygen atoms in total. The van der Waals surface area contributed by atoms with Gasteiger partial charge in [-0.05, 0) is 62.7 Å². The highest BCUT2D eigenvalue weighted by atomic mass is 32.2. The summed E-state index contributed by atoms with van der Waals surface area (Å²) in [5.41, 5.74) is 3.59. The van der Waals surface area contributed by atoms with Crippen molar-refractivity contribution in [3.63, 3.8) is 0 Å². The Hall–Kier alpha value is -3.21. The fraction of sp³-hybridized carbons (Fsp3) is 0.296. The number of hydrogen-bond donors (Lipinski definition) is 0. The first kappa shape index (κ1) is 26.8. The van der Waals surface area contributed by atoms with Gasteiger partial charge in [-0.15, -0.1) is 4.40 Å². The molecule has 0 N–H and O–H groups in total. The molecule has 0 saturated carbocycles. The zero-order valence-electron chi connectivity index (χ0n) is 21.7. The Balaban J connectivity index is 1.77. The predicted octanol–water partition coefficient (Wildman–Crippen LogP) is 4.18. The molecule has 4 rings (SSSR count). The van der Waals surface area contributed by atoms with E-state index >= 15 is 0 Å². The number of aryl methyl sites for hydroxylation is 2. The molecule has 1 fully saturated rings. The number of anilines is 1. The van der Waals surface area contributed by atoms with Gasteiger partial charge in [0.05, 0.1) is 9.79 Å². The van der Waals surface area contributed by atoms with Crippen LogP contribution in [-0.2, 0) is 20.0 Å². The third-order valence-electron chi connectivity index (χ3n) is 6.45. The molecule has 1 atom stereocenters. The van der Waals surface area contributed by atoms with Crippen molar-refractivity contribution in [1.82, 2.24) is 9.21 Å². The normalized spacial score (nSPS) is 17.3. The van der Waals surface area contributed by atoms with E-state index in [0.29, 0.717) is 6.54 Å². The van der Waals surface area contributed by atoms with Crippen LogP contribution >= 0.6 is 0 Å². The summed E-state index contributed by atoms with van der Waals surface area (Å²) >= 11 is 0. The smallest absolute Gasteiger partial charge is 0.283 e. The van der Waals surface area contributed by atoms with E-state index in [1.54, 1.807) is 48.2 Å². The molecular weight excluding hydrogens is 508 g/mol. The summed E-state index contributed by atoms with van der Waals surface area (Å²) in [4.78, 5) is 3.98. The van der Waals surface area contributed by atoms with Crippen LogP contribution in [0.25, 0.3) is 0 Å². The maximum atomic E-state index is 13.7. The maximum absolute atomic E-state index is 13.7. The van der Waals surface area contributed by atoms with E-state index in [9.17, 15) is 16.8 Å². The first-order valence-corrected chi connectivity index (χ1v) is 14.8.